The van der Waals surface area contributed by atoms with Gasteiger partial charge in [0.1, 0.15) is 6.17 Å². The SMILES string of the molecule is CS(=O)(=O)C1=C2C(=CC(=O)C2(F)F)C(F)C=C1. The van der Waals surface area contributed by atoms with E-state index in [4.69, 9.17) is 0 Å². The summed E-state index contributed by atoms with van der Waals surface area (Å²) in [5.41, 5.74) is -1.59. The Labute approximate surface area is 95.2 Å². The fourth-order valence-corrected chi connectivity index (χ4v) is 2.73. The van der Waals surface area contributed by atoms with Crippen LogP contribution in [-0.2, 0) is 14.6 Å². The number of fused-ring (bicyclic) bond motifs is 1. The number of rotatable bonds is 1. The second-order valence-corrected chi connectivity index (χ2v) is 5.79. The van der Waals surface area contributed by atoms with E-state index in [-0.39, 0.29) is 0 Å². The molecule has 0 aromatic carbocycles. The van der Waals surface area contributed by atoms with Crippen LogP contribution in [-0.4, -0.2) is 32.6 Å². The lowest BCUT2D eigenvalue weighted by Gasteiger charge is -2.20. The molecule has 0 bridgehead atoms. The molecule has 0 saturated heterocycles. The Morgan fingerprint density at radius 2 is 1.94 bits per heavy atom. The van der Waals surface area contributed by atoms with Crippen molar-refractivity contribution in [3.63, 3.8) is 0 Å². The molecule has 1 unspecified atom stereocenters. The summed E-state index contributed by atoms with van der Waals surface area (Å²) in [7, 11) is -3.94. The van der Waals surface area contributed by atoms with Crippen molar-refractivity contribution in [2.24, 2.45) is 0 Å². The van der Waals surface area contributed by atoms with Crippen molar-refractivity contribution in [2.45, 2.75) is 12.1 Å². The quantitative estimate of drug-likeness (QED) is 0.718. The number of carbonyl (C=O) groups excluding carboxylic acids is 1. The highest BCUT2D eigenvalue weighted by atomic mass is 32.2. The van der Waals surface area contributed by atoms with Gasteiger partial charge in [-0.25, -0.2) is 12.8 Å². The minimum atomic E-state index is -3.97. The van der Waals surface area contributed by atoms with Crippen LogP contribution in [0, 0.1) is 0 Å². The molecule has 0 aromatic rings. The van der Waals surface area contributed by atoms with Crippen molar-refractivity contribution in [3.05, 3.63) is 34.3 Å². The molecule has 0 saturated carbocycles. The third-order valence-electron chi connectivity index (χ3n) is 2.56. The zero-order valence-electron chi connectivity index (χ0n) is 8.58. The van der Waals surface area contributed by atoms with E-state index in [0.717, 1.165) is 18.4 Å². The first-order valence-corrected chi connectivity index (χ1v) is 6.46. The van der Waals surface area contributed by atoms with E-state index in [1.165, 1.54) is 0 Å². The van der Waals surface area contributed by atoms with Gasteiger partial charge in [-0.3, -0.25) is 4.79 Å². The molecule has 1 atom stereocenters. The zero-order valence-corrected chi connectivity index (χ0v) is 9.39. The van der Waals surface area contributed by atoms with E-state index in [1.807, 2.05) is 0 Å². The van der Waals surface area contributed by atoms with Crippen molar-refractivity contribution < 1.29 is 26.4 Å². The summed E-state index contributed by atoms with van der Waals surface area (Å²) in [4.78, 5) is 10.3. The van der Waals surface area contributed by atoms with Gasteiger partial charge in [-0.15, -0.1) is 0 Å². The highest BCUT2D eigenvalue weighted by Crippen LogP contribution is 2.45. The minimum Gasteiger partial charge on any atom is -0.288 e. The Morgan fingerprint density at radius 3 is 2.47 bits per heavy atom. The van der Waals surface area contributed by atoms with Crippen LogP contribution in [0.25, 0.3) is 0 Å². The largest absolute Gasteiger partial charge is 0.336 e. The lowest BCUT2D eigenvalue weighted by atomic mass is 9.97. The topological polar surface area (TPSA) is 51.2 Å². The van der Waals surface area contributed by atoms with E-state index in [0.29, 0.717) is 6.08 Å². The second-order valence-electron chi connectivity index (χ2n) is 3.81. The first-order valence-electron chi connectivity index (χ1n) is 4.57. The minimum absolute atomic E-state index is 0.467. The van der Waals surface area contributed by atoms with Gasteiger partial charge in [0, 0.05) is 11.8 Å². The van der Waals surface area contributed by atoms with E-state index >= 15 is 0 Å². The molecule has 0 fully saturated rings. The Hall–Kier alpha value is -1.37. The summed E-state index contributed by atoms with van der Waals surface area (Å²) in [5.74, 6) is -5.56. The van der Waals surface area contributed by atoms with Gasteiger partial charge in [-0.05, 0) is 18.2 Å². The van der Waals surface area contributed by atoms with E-state index in [2.05, 4.69) is 0 Å². The number of hydrogen-bond acceptors (Lipinski definition) is 3. The highest BCUT2D eigenvalue weighted by Gasteiger charge is 2.53. The summed E-state index contributed by atoms with van der Waals surface area (Å²) in [5, 5.41) is 0. The van der Waals surface area contributed by atoms with E-state index in [9.17, 15) is 26.4 Å². The number of halogens is 3. The predicted octanol–water partition coefficient (Wildman–Crippen LogP) is 1.34. The monoisotopic (exact) mass is 264 g/mol. The smallest absolute Gasteiger partial charge is 0.288 e. The van der Waals surface area contributed by atoms with E-state index < -0.39 is 43.8 Å². The van der Waals surface area contributed by atoms with Gasteiger partial charge < -0.3 is 0 Å². The molecule has 2 rings (SSSR count). The molecule has 3 nitrogen and oxygen atoms in total. The van der Waals surface area contributed by atoms with Crippen molar-refractivity contribution in [1.82, 2.24) is 0 Å². The van der Waals surface area contributed by atoms with Crippen molar-refractivity contribution >= 4 is 15.6 Å². The average Bonchev–Trinajstić information content (AvgIpc) is 2.40. The zero-order chi connectivity index (χ0) is 13.0. The molecule has 0 heterocycles. The Kier molecular flexibility index (Phi) is 2.36. The van der Waals surface area contributed by atoms with Crippen LogP contribution in [0.3, 0.4) is 0 Å². The molecule has 0 aromatic heterocycles. The molecule has 92 valence electrons. The molecule has 0 spiro atoms. The Balaban J connectivity index is 2.79. The molecule has 2 aliphatic rings. The summed E-state index contributed by atoms with van der Waals surface area (Å²) >= 11 is 0. The Morgan fingerprint density at radius 1 is 1.35 bits per heavy atom. The third-order valence-corrected chi connectivity index (χ3v) is 3.70. The Bertz CT molecular complexity index is 596. The van der Waals surface area contributed by atoms with Gasteiger partial charge >= 0.3 is 5.92 Å². The average molecular weight is 264 g/mol. The summed E-state index contributed by atoms with van der Waals surface area (Å²) in [6, 6.07) is 0. The number of alkyl halides is 3. The van der Waals surface area contributed by atoms with Crippen LogP contribution in [0.1, 0.15) is 0 Å². The van der Waals surface area contributed by atoms with Gasteiger partial charge in [-0.1, -0.05) is 0 Å². The van der Waals surface area contributed by atoms with Crippen LogP contribution in [0.15, 0.2) is 34.3 Å². The molecule has 0 aliphatic heterocycles. The van der Waals surface area contributed by atoms with Crippen LogP contribution in [0.5, 0.6) is 0 Å². The van der Waals surface area contributed by atoms with Crippen molar-refractivity contribution in [2.75, 3.05) is 6.26 Å². The molecule has 0 radical (unpaired) electrons. The molecule has 17 heavy (non-hydrogen) atoms. The first kappa shape index (κ1) is 12.1. The fraction of sp³-hybridized carbons (Fsp3) is 0.300. The standard InChI is InChI=1S/C10H7F3O3S/c1-17(15,16)7-3-2-6(11)5-4-8(14)10(12,13)9(5)7/h2-4,6H,1H3. The number of allylic oxidation sites excluding steroid dienone is 5. The molecule has 2 aliphatic carbocycles. The maximum Gasteiger partial charge on any atom is 0.336 e. The van der Waals surface area contributed by atoms with Gasteiger partial charge in [0.25, 0.3) is 0 Å². The van der Waals surface area contributed by atoms with Crippen LogP contribution >= 0.6 is 0 Å². The van der Waals surface area contributed by atoms with Crippen LogP contribution in [0.4, 0.5) is 13.2 Å². The van der Waals surface area contributed by atoms with Crippen molar-refractivity contribution in [1.29, 1.82) is 0 Å². The summed E-state index contributed by atoms with van der Waals surface area (Å²) in [6.45, 7) is 0. The van der Waals surface area contributed by atoms with Gasteiger partial charge in [0.05, 0.1) is 10.5 Å². The first-order chi connectivity index (χ1) is 7.65. The van der Waals surface area contributed by atoms with Gasteiger partial charge in [0.15, 0.2) is 9.84 Å². The second kappa shape index (κ2) is 3.32. The summed E-state index contributed by atoms with van der Waals surface area (Å²) in [6.07, 6.45) is 0.927. The van der Waals surface area contributed by atoms with Crippen LogP contribution in [0.2, 0.25) is 0 Å². The van der Waals surface area contributed by atoms with Crippen molar-refractivity contribution in [3.8, 4) is 0 Å². The molecule has 0 N–H and O–H groups in total. The van der Waals surface area contributed by atoms with Crippen LogP contribution < -0.4 is 0 Å². The maximum atomic E-state index is 13.5. The lowest BCUT2D eigenvalue weighted by Crippen LogP contribution is -2.29. The predicted molar refractivity (Wildman–Crippen MR) is 53.9 cm³/mol. The van der Waals surface area contributed by atoms with E-state index in [1.54, 1.807) is 0 Å². The number of sulfone groups is 1. The third kappa shape index (κ3) is 1.65. The number of hydrogen-bond donors (Lipinski definition) is 0. The van der Waals surface area contributed by atoms with Gasteiger partial charge in [0.2, 0.25) is 5.78 Å². The fourth-order valence-electron chi connectivity index (χ4n) is 1.79. The number of carbonyl (C=O) groups is 1. The molecular weight excluding hydrogens is 257 g/mol. The normalized spacial score (nSPS) is 27.2. The maximum absolute atomic E-state index is 13.5. The summed E-state index contributed by atoms with van der Waals surface area (Å²) < 4.78 is 63.0. The highest BCUT2D eigenvalue weighted by molar-refractivity contribution is 7.94. The van der Waals surface area contributed by atoms with Gasteiger partial charge in [-0.2, -0.15) is 8.78 Å². The molecule has 7 heteroatoms. The lowest BCUT2D eigenvalue weighted by molar-refractivity contribution is -0.131. The number of ketones is 1. The molecule has 0 amide bonds. The molecular formula is C10H7F3O3S.